The SMILES string of the molecule is C[NH2+]Cc1cccc(OCc2ccccc2)c1. The zero-order valence-electron chi connectivity index (χ0n) is 10.1. The lowest BCUT2D eigenvalue weighted by atomic mass is 10.2. The summed E-state index contributed by atoms with van der Waals surface area (Å²) in [6, 6.07) is 18.5. The predicted octanol–water partition coefficient (Wildman–Crippen LogP) is 1.96. The molecule has 17 heavy (non-hydrogen) atoms. The van der Waals surface area contributed by atoms with Gasteiger partial charge in [0.05, 0.1) is 7.05 Å². The molecule has 0 saturated carbocycles. The molecule has 2 nitrogen and oxygen atoms in total. The molecule has 0 amide bonds. The van der Waals surface area contributed by atoms with Gasteiger partial charge in [-0.1, -0.05) is 42.5 Å². The van der Waals surface area contributed by atoms with Gasteiger partial charge in [0, 0.05) is 5.56 Å². The molecule has 0 unspecified atom stereocenters. The quantitative estimate of drug-likeness (QED) is 0.831. The average molecular weight is 228 g/mol. The normalized spacial score (nSPS) is 10.2. The molecule has 0 radical (unpaired) electrons. The van der Waals surface area contributed by atoms with Crippen molar-refractivity contribution in [3.63, 3.8) is 0 Å². The summed E-state index contributed by atoms with van der Waals surface area (Å²) < 4.78 is 5.77. The van der Waals surface area contributed by atoms with Gasteiger partial charge in [0.25, 0.3) is 0 Å². The number of benzene rings is 2. The van der Waals surface area contributed by atoms with Crippen LogP contribution in [0, 0.1) is 0 Å². The summed E-state index contributed by atoms with van der Waals surface area (Å²) >= 11 is 0. The maximum atomic E-state index is 5.77. The summed E-state index contributed by atoms with van der Waals surface area (Å²) in [6.07, 6.45) is 0. The van der Waals surface area contributed by atoms with Crippen LogP contribution in [0.1, 0.15) is 11.1 Å². The van der Waals surface area contributed by atoms with Crippen LogP contribution >= 0.6 is 0 Å². The Morgan fingerprint density at radius 1 is 0.941 bits per heavy atom. The fourth-order valence-electron chi connectivity index (χ4n) is 1.74. The average Bonchev–Trinajstić information content (AvgIpc) is 2.39. The Kier molecular flexibility index (Phi) is 4.17. The molecule has 88 valence electrons. The molecule has 0 bridgehead atoms. The minimum Gasteiger partial charge on any atom is -0.489 e. The molecule has 0 aliphatic rings. The number of hydrogen-bond acceptors (Lipinski definition) is 1. The van der Waals surface area contributed by atoms with Gasteiger partial charge in [-0.25, -0.2) is 0 Å². The molecule has 0 heterocycles. The van der Waals surface area contributed by atoms with Crippen LogP contribution in [-0.4, -0.2) is 7.05 Å². The van der Waals surface area contributed by atoms with E-state index >= 15 is 0 Å². The van der Waals surface area contributed by atoms with Gasteiger partial charge in [0.15, 0.2) is 0 Å². The summed E-state index contributed by atoms with van der Waals surface area (Å²) in [5, 5.41) is 2.15. The van der Waals surface area contributed by atoms with Crippen molar-refractivity contribution >= 4 is 0 Å². The Morgan fingerprint density at radius 3 is 2.47 bits per heavy atom. The standard InChI is InChI=1S/C15H17NO/c1-16-11-14-8-5-9-15(10-14)17-12-13-6-3-2-4-7-13/h2-10,16H,11-12H2,1H3/p+1. The van der Waals surface area contributed by atoms with Gasteiger partial charge in [-0.05, 0) is 17.7 Å². The molecular weight excluding hydrogens is 210 g/mol. The highest BCUT2D eigenvalue weighted by Crippen LogP contribution is 2.14. The summed E-state index contributed by atoms with van der Waals surface area (Å²) in [6.45, 7) is 1.61. The van der Waals surface area contributed by atoms with E-state index in [4.69, 9.17) is 4.74 Å². The molecule has 2 rings (SSSR count). The second-order valence-electron chi connectivity index (χ2n) is 4.03. The third-order valence-corrected chi connectivity index (χ3v) is 2.59. The minimum absolute atomic E-state index is 0.625. The van der Waals surface area contributed by atoms with Crippen LogP contribution in [0.25, 0.3) is 0 Å². The van der Waals surface area contributed by atoms with Crippen LogP contribution in [-0.2, 0) is 13.2 Å². The molecule has 0 spiro atoms. The summed E-state index contributed by atoms with van der Waals surface area (Å²) in [5.41, 5.74) is 2.48. The molecule has 0 aromatic heterocycles. The Balaban J connectivity index is 1.97. The number of rotatable bonds is 5. The van der Waals surface area contributed by atoms with Crippen LogP contribution in [0.5, 0.6) is 5.75 Å². The van der Waals surface area contributed by atoms with Crippen molar-refractivity contribution in [2.45, 2.75) is 13.2 Å². The highest BCUT2D eigenvalue weighted by atomic mass is 16.5. The van der Waals surface area contributed by atoms with Crippen molar-refractivity contribution in [2.24, 2.45) is 0 Å². The fraction of sp³-hybridized carbons (Fsp3) is 0.200. The minimum atomic E-state index is 0.625. The third kappa shape index (κ3) is 3.61. The maximum Gasteiger partial charge on any atom is 0.120 e. The highest BCUT2D eigenvalue weighted by molar-refractivity contribution is 5.28. The number of hydrogen-bond donors (Lipinski definition) is 1. The predicted molar refractivity (Wildman–Crippen MR) is 68.8 cm³/mol. The Morgan fingerprint density at radius 2 is 1.71 bits per heavy atom. The Hall–Kier alpha value is -1.80. The summed E-state index contributed by atoms with van der Waals surface area (Å²) in [5.74, 6) is 0.938. The number of ether oxygens (including phenoxy) is 1. The molecule has 0 aliphatic carbocycles. The lowest BCUT2D eigenvalue weighted by Crippen LogP contribution is -2.77. The maximum absolute atomic E-state index is 5.77. The number of quaternary nitrogens is 1. The monoisotopic (exact) mass is 228 g/mol. The van der Waals surface area contributed by atoms with Crippen LogP contribution < -0.4 is 10.1 Å². The molecule has 2 aromatic rings. The van der Waals surface area contributed by atoms with E-state index in [1.807, 2.05) is 30.3 Å². The number of nitrogens with two attached hydrogens (primary N) is 1. The van der Waals surface area contributed by atoms with Crippen LogP contribution in [0.2, 0.25) is 0 Å². The van der Waals surface area contributed by atoms with Gasteiger partial charge >= 0.3 is 0 Å². The molecular formula is C15H18NO+. The van der Waals surface area contributed by atoms with Crippen molar-refractivity contribution in [1.29, 1.82) is 0 Å². The highest BCUT2D eigenvalue weighted by Gasteiger charge is 1.98. The van der Waals surface area contributed by atoms with Crippen molar-refractivity contribution in [2.75, 3.05) is 7.05 Å². The fourth-order valence-corrected chi connectivity index (χ4v) is 1.74. The van der Waals surface area contributed by atoms with E-state index in [9.17, 15) is 0 Å². The first-order chi connectivity index (χ1) is 8.38. The van der Waals surface area contributed by atoms with Crippen molar-refractivity contribution < 1.29 is 10.1 Å². The Bertz CT molecular complexity index is 453. The first-order valence-corrected chi connectivity index (χ1v) is 5.92. The van der Waals surface area contributed by atoms with Gasteiger partial charge in [0.1, 0.15) is 18.9 Å². The first kappa shape index (κ1) is 11.7. The van der Waals surface area contributed by atoms with Crippen LogP contribution in [0.15, 0.2) is 54.6 Å². The van der Waals surface area contributed by atoms with E-state index < -0.39 is 0 Å². The van der Waals surface area contributed by atoms with Gasteiger partial charge < -0.3 is 10.1 Å². The van der Waals surface area contributed by atoms with Gasteiger partial charge in [-0.2, -0.15) is 0 Å². The summed E-state index contributed by atoms with van der Waals surface area (Å²) in [7, 11) is 2.07. The van der Waals surface area contributed by atoms with Crippen molar-refractivity contribution in [1.82, 2.24) is 0 Å². The van der Waals surface area contributed by atoms with Crippen molar-refractivity contribution in [3.8, 4) is 5.75 Å². The molecule has 2 aromatic carbocycles. The zero-order valence-corrected chi connectivity index (χ0v) is 10.1. The summed E-state index contributed by atoms with van der Waals surface area (Å²) in [4.78, 5) is 0. The lowest BCUT2D eigenvalue weighted by molar-refractivity contribution is -0.643. The largest absolute Gasteiger partial charge is 0.489 e. The van der Waals surface area contributed by atoms with Gasteiger partial charge in [-0.3, -0.25) is 0 Å². The smallest absolute Gasteiger partial charge is 0.120 e. The van der Waals surface area contributed by atoms with E-state index in [2.05, 4.69) is 36.6 Å². The van der Waals surface area contributed by atoms with E-state index in [-0.39, 0.29) is 0 Å². The van der Waals surface area contributed by atoms with E-state index in [0.29, 0.717) is 6.61 Å². The second kappa shape index (κ2) is 6.06. The van der Waals surface area contributed by atoms with Crippen LogP contribution in [0.3, 0.4) is 0 Å². The van der Waals surface area contributed by atoms with Gasteiger partial charge in [-0.15, -0.1) is 0 Å². The Labute approximate surface area is 102 Å². The van der Waals surface area contributed by atoms with Gasteiger partial charge in [0.2, 0.25) is 0 Å². The van der Waals surface area contributed by atoms with Crippen LogP contribution in [0.4, 0.5) is 0 Å². The molecule has 2 N–H and O–H groups in total. The topological polar surface area (TPSA) is 25.8 Å². The van der Waals surface area contributed by atoms with E-state index in [0.717, 1.165) is 12.3 Å². The van der Waals surface area contributed by atoms with E-state index in [1.165, 1.54) is 11.1 Å². The lowest BCUT2D eigenvalue weighted by Gasteiger charge is -2.07. The molecule has 2 heteroatoms. The second-order valence-corrected chi connectivity index (χ2v) is 4.03. The molecule has 0 aliphatic heterocycles. The molecule has 0 saturated heterocycles. The molecule has 0 fully saturated rings. The first-order valence-electron chi connectivity index (χ1n) is 5.92. The molecule has 0 atom stereocenters. The van der Waals surface area contributed by atoms with Crippen molar-refractivity contribution in [3.05, 3.63) is 65.7 Å². The zero-order chi connectivity index (χ0) is 11.9. The van der Waals surface area contributed by atoms with E-state index in [1.54, 1.807) is 0 Å². The third-order valence-electron chi connectivity index (χ3n) is 2.59.